The molecule has 1 aliphatic carbocycles. The number of amides is 1. The van der Waals surface area contributed by atoms with E-state index in [1.165, 1.54) is 12.8 Å². The number of hydrogen-bond donors (Lipinski definition) is 1. The van der Waals surface area contributed by atoms with Crippen LogP contribution in [0.15, 0.2) is 0 Å². The van der Waals surface area contributed by atoms with E-state index in [9.17, 15) is 4.79 Å². The first-order valence-electron chi connectivity index (χ1n) is 5.75. The van der Waals surface area contributed by atoms with Gasteiger partial charge in [-0.2, -0.15) is 11.8 Å². The van der Waals surface area contributed by atoms with Crippen molar-refractivity contribution in [2.24, 2.45) is 0 Å². The molecule has 1 saturated heterocycles. The molecule has 0 bridgehead atoms. The van der Waals surface area contributed by atoms with Gasteiger partial charge in [-0.25, -0.2) is 0 Å². The van der Waals surface area contributed by atoms with Crippen molar-refractivity contribution in [3.05, 3.63) is 0 Å². The average molecular weight is 228 g/mol. The lowest BCUT2D eigenvalue weighted by molar-refractivity contribution is -0.132. The Balaban J connectivity index is 1.98. The molecule has 1 N–H and O–H groups in total. The van der Waals surface area contributed by atoms with Gasteiger partial charge >= 0.3 is 0 Å². The summed E-state index contributed by atoms with van der Waals surface area (Å²) in [6.07, 6.45) is 6.57. The van der Waals surface area contributed by atoms with Crippen molar-refractivity contribution in [3.63, 3.8) is 0 Å². The van der Waals surface area contributed by atoms with Gasteiger partial charge in [-0.05, 0) is 19.1 Å². The summed E-state index contributed by atoms with van der Waals surface area (Å²) in [6.45, 7) is 3.82. The fourth-order valence-electron chi connectivity index (χ4n) is 2.60. The molecule has 1 unspecified atom stereocenters. The molecule has 3 nitrogen and oxygen atoms in total. The van der Waals surface area contributed by atoms with Crippen molar-refractivity contribution in [1.29, 1.82) is 0 Å². The zero-order valence-corrected chi connectivity index (χ0v) is 10.4. The maximum Gasteiger partial charge on any atom is 0.243 e. The first kappa shape index (κ1) is 11.3. The fraction of sp³-hybridized carbons (Fsp3) is 0.909. The van der Waals surface area contributed by atoms with Crippen LogP contribution in [-0.2, 0) is 4.79 Å². The summed E-state index contributed by atoms with van der Waals surface area (Å²) in [6, 6.07) is 0. The molecule has 86 valence electrons. The number of carbonyl (C=O) groups is 1. The van der Waals surface area contributed by atoms with E-state index < -0.39 is 0 Å². The quantitative estimate of drug-likeness (QED) is 0.793. The van der Waals surface area contributed by atoms with Gasteiger partial charge in [0.1, 0.15) is 0 Å². The first-order chi connectivity index (χ1) is 7.18. The van der Waals surface area contributed by atoms with Crippen LogP contribution < -0.4 is 5.32 Å². The van der Waals surface area contributed by atoms with E-state index in [0.29, 0.717) is 11.2 Å². The molecule has 0 aromatic heterocycles. The Kier molecular flexibility index (Phi) is 3.26. The Morgan fingerprint density at radius 1 is 1.53 bits per heavy atom. The number of carbonyl (C=O) groups excluding carboxylic acids is 1. The molecular weight excluding hydrogens is 208 g/mol. The van der Waals surface area contributed by atoms with E-state index in [1.807, 2.05) is 16.7 Å². The lowest BCUT2D eigenvalue weighted by Crippen LogP contribution is -2.44. The molecule has 1 heterocycles. The van der Waals surface area contributed by atoms with Crippen LogP contribution in [0.1, 0.15) is 32.6 Å². The Morgan fingerprint density at radius 2 is 2.20 bits per heavy atom. The Labute approximate surface area is 96.0 Å². The van der Waals surface area contributed by atoms with Gasteiger partial charge in [-0.3, -0.25) is 10.1 Å². The van der Waals surface area contributed by atoms with E-state index in [2.05, 4.69) is 18.5 Å². The average Bonchev–Trinajstić information content (AvgIpc) is 2.82. The summed E-state index contributed by atoms with van der Waals surface area (Å²) in [5.41, 5.74) is -0.169. The molecule has 2 fully saturated rings. The highest BCUT2D eigenvalue weighted by atomic mass is 32.2. The molecule has 1 atom stereocenters. The predicted octanol–water partition coefficient (Wildman–Crippen LogP) is 1.44. The summed E-state index contributed by atoms with van der Waals surface area (Å²) < 4.78 is 0. The smallest absolute Gasteiger partial charge is 0.243 e. The van der Waals surface area contributed by atoms with Crippen molar-refractivity contribution in [2.75, 3.05) is 19.5 Å². The van der Waals surface area contributed by atoms with Crippen LogP contribution in [0, 0.1) is 0 Å². The van der Waals surface area contributed by atoms with Crippen LogP contribution in [0.25, 0.3) is 0 Å². The summed E-state index contributed by atoms with van der Waals surface area (Å²) in [5.74, 6) is 0.348. The van der Waals surface area contributed by atoms with Crippen molar-refractivity contribution in [2.45, 2.75) is 43.4 Å². The van der Waals surface area contributed by atoms with Crippen molar-refractivity contribution >= 4 is 17.7 Å². The van der Waals surface area contributed by atoms with Crippen LogP contribution in [0.5, 0.6) is 0 Å². The molecule has 15 heavy (non-hydrogen) atoms. The molecule has 2 rings (SSSR count). The molecule has 1 spiro atoms. The minimum atomic E-state index is -0.169. The largest absolute Gasteiger partial charge is 0.327 e. The van der Waals surface area contributed by atoms with Crippen LogP contribution in [-0.4, -0.2) is 41.1 Å². The van der Waals surface area contributed by atoms with E-state index in [-0.39, 0.29) is 5.54 Å². The van der Waals surface area contributed by atoms with Gasteiger partial charge in [0.2, 0.25) is 5.91 Å². The van der Waals surface area contributed by atoms with Crippen molar-refractivity contribution in [3.8, 4) is 0 Å². The monoisotopic (exact) mass is 228 g/mol. The number of nitrogens with one attached hydrogen (secondary N) is 1. The van der Waals surface area contributed by atoms with Crippen LogP contribution in [0.2, 0.25) is 0 Å². The molecule has 1 saturated carbocycles. The Morgan fingerprint density at radius 3 is 2.80 bits per heavy atom. The zero-order valence-electron chi connectivity index (χ0n) is 9.58. The number of nitrogens with zero attached hydrogens (tertiary/aromatic N) is 1. The lowest BCUT2D eigenvalue weighted by atomic mass is 9.98. The lowest BCUT2D eigenvalue weighted by Gasteiger charge is -2.23. The van der Waals surface area contributed by atoms with Crippen LogP contribution >= 0.6 is 11.8 Å². The molecule has 1 aliphatic heterocycles. The third-order valence-electron chi connectivity index (χ3n) is 3.64. The highest BCUT2D eigenvalue weighted by molar-refractivity contribution is 7.99. The highest BCUT2D eigenvalue weighted by Gasteiger charge is 2.47. The van der Waals surface area contributed by atoms with Gasteiger partial charge in [-0.1, -0.05) is 19.8 Å². The predicted molar refractivity (Wildman–Crippen MR) is 63.9 cm³/mol. The standard InChI is InChI=1S/C11H20N2OS/c1-9(15-2)7-13-8-12-11(10(13)14)5-3-4-6-11/h9,12H,3-8H2,1-2H3. The topological polar surface area (TPSA) is 32.3 Å². The zero-order chi connectivity index (χ0) is 10.9. The van der Waals surface area contributed by atoms with E-state index in [1.54, 1.807) is 0 Å². The summed E-state index contributed by atoms with van der Waals surface area (Å²) >= 11 is 1.82. The van der Waals surface area contributed by atoms with Gasteiger partial charge in [0.25, 0.3) is 0 Å². The maximum atomic E-state index is 12.2. The van der Waals surface area contributed by atoms with Gasteiger partial charge in [0.15, 0.2) is 0 Å². The van der Waals surface area contributed by atoms with Gasteiger partial charge in [0, 0.05) is 11.8 Å². The second-order valence-electron chi connectivity index (χ2n) is 4.70. The van der Waals surface area contributed by atoms with Gasteiger partial charge in [-0.15, -0.1) is 0 Å². The van der Waals surface area contributed by atoms with Crippen LogP contribution in [0.4, 0.5) is 0 Å². The number of hydrogen-bond acceptors (Lipinski definition) is 3. The third-order valence-corrected chi connectivity index (χ3v) is 4.60. The summed E-state index contributed by atoms with van der Waals surface area (Å²) in [7, 11) is 0. The van der Waals surface area contributed by atoms with E-state index >= 15 is 0 Å². The van der Waals surface area contributed by atoms with Crippen molar-refractivity contribution in [1.82, 2.24) is 10.2 Å². The Hall–Kier alpha value is -0.220. The minimum Gasteiger partial charge on any atom is -0.327 e. The number of rotatable bonds is 3. The van der Waals surface area contributed by atoms with Crippen LogP contribution in [0.3, 0.4) is 0 Å². The highest BCUT2D eigenvalue weighted by Crippen LogP contribution is 2.34. The molecule has 1 amide bonds. The first-order valence-corrected chi connectivity index (χ1v) is 7.04. The third kappa shape index (κ3) is 2.02. The molecule has 4 heteroatoms. The SMILES string of the molecule is CSC(C)CN1CNC2(CCCC2)C1=O. The molecule has 0 aromatic rings. The molecular formula is C11H20N2OS. The minimum absolute atomic E-state index is 0.169. The second-order valence-corrected chi connectivity index (χ2v) is 5.97. The molecule has 0 aromatic carbocycles. The normalized spacial score (nSPS) is 26.5. The Bertz CT molecular complexity index is 251. The summed E-state index contributed by atoms with van der Waals surface area (Å²) in [5, 5.41) is 3.96. The fourth-order valence-corrected chi connectivity index (χ4v) is 2.93. The summed E-state index contributed by atoms with van der Waals surface area (Å²) in [4.78, 5) is 14.2. The molecule has 2 aliphatic rings. The van der Waals surface area contributed by atoms with E-state index in [4.69, 9.17) is 0 Å². The van der Waals surface area contributed by atoms with Crippen molar-refractivity contribution < 1.29 is 4.79 Å². The van der Waals surface area contributed by atoms with Gasteiger partial charge < -0.3 is 4.90 Å². The number of thioether (sulfide) groups is 1. The van der Waals surface area contributed by atoms with Gasteiger partial charge in [0.05, 0.1) is 12.2 Å². The second kappa shape index (κ2) is 4.34. The molecule has 0 radical (unpaired) electrons. The maximum absolute atomic E-state index is 12.2. The van der Waals surface area contributed by atoms with E-state index in [0.717, 1.165) is 26.1 Å².